The van der Waals surface area contributed by atoms with Crippen molar-refractivity contribution >= 4 is 17.5 Å². The molecule has 150 valence electrons. The summed E-state index contributed by atoms with van der Waals surface area (Å²) in [5.74, 6) is 0.358. The molecule has 0 aromatic heterocycles. The van der Waals surface area contributed by atoms with Gasteiger partial charge in [0.05, 0.1) is 10.5 Å². The van der Waals surface area contributed by atoms with E-state index in [1.807, 2.05) is 0 Å². The SMILES string of the molecule is Cc1c(OCc2ccccc2F)ccc2c1O/C(=C\c1ccc([N+](=O)[O-])cc1)C2=O. The summed E-state index contributed by atoms with van der Waals surface area (Å²) in [5.41, 5.74) is 2.02. The zero-order valence-electron chi connectivity index (χ0n) is 15.9. The van der Waals surface area contributed by atoms with Crippen molar-refractivity contribution in [1.82, 2.24) is 0 Å². The van der Waals surface area contributed by atoms with Crippen molar-refractivity contribution in [3.05, 3.63) is 105 Å². The van der Waals surface area contributed by atoms with E-state index < -0.39 is 4.92 Å². The first-order chi connectivity index (χ1) is 14.4. The molecular weight excluding hydrogens is 389 g/mol. The van der Waals surface area contributed by atoms with Crippen LogP contribution < -0.4 is 9.47 Å². The van der Waals surface area contributed by atoms with Crippen LogP contribution >= 0.6 is 0 Å². The Labute approximate surface area is 171 Å². The Morgan fingerprint density at radius 1 is 1.10 bits per heavy atom. The van der Waals surface area contributed by atoms with Gasteiger partial charge in [0.25, 0.3) is 5.69 Å². The molecule has 3 aromatic rings. The predicted octanol–water partition coefficient (Wildman–Crippen LogP) is 5.24. The topological polar surface area (TPSA) is 78.7 Å². The van der Waals surface area contributed by atoms with Crippen LogP contribution in [0.1, 0.15) is 27.0 Å². The van der Waals surface area contributed by atoms with E-state index in [0.717, 1.165) is 0 Å². The van der Waals surface area contributed by atoms with Crippen molar-refractivity contribution < 1.29 is 23.6 Å². The Bertz CT molecular complexity index is 1180. The van der Waals surface area contributed by atoms with Gasteiger partial charge in [-0.2, -0.15) is 0 Å². The lowest BCUT2D eigenvalue weighted by Gasteiger charge is -2.12. The summed E-state index contributed by atoms with van der Waals surface area (Å²) in [5, 5.41) is 10.8. The van der Waals surface area contributed by atoms with Gasteiger partial charge in [-0.1, -0.05) is 18.2 Å². The number of benzene rings is 3. The van der Waals surface area contributed by atoms with Crippen LogP contribution in [0, 0.1) is 22.9 Å². The zero-order chi connectivity index (χ0) is 21.3. The molecule has 0 radical (unpaired) electrons. The van der Waals surface area contributed by atoms with E-state index in [9.17, 15) is 19.3 Å². The lowest BCUT2D eigenvalue weighted by Crippen LogP contribution is -2.00. The van der Waals surface area contributed by atoms with E-state index in [4.69, 9.17) is 9.47 Å². The molecule has 4 rings (SSSR count). The van der Waals surface area contributed by atoms with E-state index in [1.54, 1.807) is 49.4 Å². The number of ketones is 1. The van der Waals surface area contributed by atoms with E-state index in [-0.39, 0.29) is 29.7 Å². The number of allylic oxidation sites excluding steroid dienone is 1. The molecule has 30 heavy (non-hydrogen) atoms. The van der Waals surface area contributed by atoms with Gasteiger partial charge in [0.2, 0.25) is 5.78 Å². The number of hydrogen-bond donors (Lipinski definition) is 0. The molecule has 6 nitrogen and oxygen atoms in total. The fourth-order valence-electron chi connectivity index (χ4n) is 3.14. The summed E-state index contributed by atoms with van der Waals surface area (Å²) in [6.07, 6.45) is 1.53. The van der Waals surface area contributed by atoms with Gasteiger partial charge in [0, 0.05) is 23.3 Å². The zero-order valence-corrected chi connectivity index (χ0v) is 15.9. The lowest BCUT2D eigenvalue weighted by molar-refractivity contribution is -0.384. The highest BCUT2D eigenvalue weighted by molar-refractivity contribution is 6.14. The quantitative estimate of drug-likeness (QED) is 0.330. The number of carbonyl (C=O) groups excluding carboxylic acids is 1. The minimum absolute atomic E-state index is 0.0356. The van der Waals surface area contributed by atoms with Crippen molar-refractivity contribution in [3.63, 3.8) is 0 Å². The first-order valence-corrected chi connectivity index (χ1v) is 9.12. The minimum atomic E-state index is -0.490. The molecule has 1 aliphatic heterocycles. The Kier molecular flexibility index (Phi) is 5.02. The van der Waals surface area contributed by atoms with Gasteiger partial charge in [-0.15, -0.1) is 0 Å². The number of ether oxygens (including phenoxy) is 2. The van der Waals surface area contributed by atoms with Crippen molar-refractivity contribution in [2.24, 2.45) is 0 Å². The highest BCUT2D eigenvalue weighted by Gasteiger charge is 2.30. The van der Waals surface area contributed by atoms with Gasteiger partial charge in [-0.25, -0.2) is 4.39 Å². The molecule has 1 heterocycles. The maximum Gasteiger partial charge on any atom is 0.269 e. The molecule has 0 saturated heterocycles. The molecular formula is C23H16FNO5. The fourth-order valence-corrected chi connectivity index (χ4v) is 3.14. The summed E-state index contributed by atoms with van der Waals surface area (Å²) in [6, 6.07) is 15.4. The summed E-state index contributed by atoms with van der Waals surface area (Å²) in [4.78, 5) is 23.0. The highest BCUT2D eigenvalue weighted by atomic mass is 19.1. The van der Waals surface area contributed by atoms with Crippen LogP contribution in [-0.2, 0) is 6.61 Å². The van der Waals surface area contributed by atoms with Crippen molar-refractivity contribution in [2.45, 2.75) is 13.5 Å². The molecule has 1 aliphatic rings. The third-order valence-corrected chi connectivity index (χ3v) is 4.78. The molecule has 3 aromatic carbocycles. The normalized spacial score (nSPS) is 13.8. The van der Waals surface area contributed by atoms with E-state index in [2.05, 4.69) is 0 Å². The van der Waals surface area contributed by atoms with Crippen LogP contribution in [0.2, 0.25) is 0 Å². The predicted molar refractivity (Wildman–Crippen MR) is 108 cm³/mol. The van der Waals surface area contributed by atoms with Crippen LogP contribution in [0.3, 0.4) is 0 Å². The van der Waals surface area contributed by atoms with Crippen LogP contribution in [-0.4, -0.2) is 10.7 Å². The monoisotopic (exact) mass is 405 g/mol. The number of hydrogen-bond acceptors (Lipinski definition) is 5. The van der Waals surface area contributed by atoms with Crippen molar-refractivity contribution in [1.29, 1.82) is 0 Å². The third kappa shape index (κ3) is 3.65. The lowest BCUT2D eigenvalue weighted by atomic mass is 10.1. The number of non-ortho nitro benzene ring substituents is 1. The molecule has 0 unspecified atom stereocenters. The van der Waals surface area contributed by atoms with Crippen LogP contribution in [0.5, 0.6) is 11.5 Å². The number of nitro benzene ring substituents is 1. The number of rotatable bonds is 5. The summed E-state index contributed by atoms with van der Waals surface area (Å²) in [6.45, 7) is 1.81. The minimum Gasteiger partial charge on any atom is -0.488 e. The Balaban J connectivity index is 1.56. The molecule has 0 amide bonds. The molecule has 0 atom stereocenters. The number of nitrogens with zero attached hydrogens (tertiary/aromatic N) is 1. The molecule has 0 saturated carbocycles. The maximum absolute atomic E-state index is 13.8. The van der Waals surface area contributed by atoms with Crippen molar-refractivity contribution in [2.75, 3.05) is 0 Å². The molecule has 0 fully saturated rings. The second-order valence-electron chi connectivity index (χ2n) is 6.73. The van der Waals surface area contributed by atoms with E-state index >= 15 is 0 Å². The summed E-state index contributed by atoms with van der Waals surface area (Å²) < 4.78 is 25.3. The summed E-state index contributed by atoms with van der Waals surface area (Å²) >= 11 is 0. The Morgan fingerprint density at radius 3 is 2.53 bits per heavy atom. The Morgan fingerprint density at radius 2 is 1.83 bits per heavy atom. The first-order valence-electron chi connectivity index (χ1n) is 9.12. The Hall–Kier alpha value is -4.00. The van der Waals surface area contributed by atoms with Gasteiger partial charge in [-0.05, 0) is 48.9 Å². The van der Waals surface area contributed by atoms with Gasteiger partial charge in [0.1, 0.15) is 23.9 Å². The number of halogens is 1. The average Bonchev–Trinajstić information content (AvgIpc) is 3.05. The number of nitro groups is 1. The molecule has 0 bridgehead atoms. The van der Waals surface area contributed by atoms with Gasteiger partial charge < -0.3 is 9.47 Å². The van der Waals surface area contributed by atoms with Crippen molar-refractivity contribution in [3.8, 4) is 11.5 Å². The second kappa shape index (κ2) is 7.79. The molecule has 0 aliphatic carbocycles. The van der Waals surface area contributed by atoms with E-state index in [0.29, 0.717) is 33.8 Å². The van der Waals surface area contributed by atoms with Gasteiger partial charge >= 0.3 is 0 Å². The van der Waals surface area contributed by atoms with Crippen LogP contribution in [0.25, 0.3) is 6.08 Å². The van der Waals surface area contributed by atoms with Gasteiger partial charge in [0.15, 0.2) is 5.76 Å². The number of carbonyl (C=O) groups is 1. The molecule has 7 heteroatoms. The second-order valence-corrected chi connectivity index (χ2v) is 6.73. The van der Waals surface area contributed by atoms with Crippen LogP contribution in [0.15, 0.2) is 66.4 Å². The van der Waals surface area contributed by atoms with Crippen LogP contribution in [0.4, 0.5) is 10.1 Å². The fraction of sp³-hybridized carbons (Fsp3) is 0.0870. The molecule has 0 N–H and O–H groups in total. The largest absolute Gasteiger partial charge is 0.488 e. The average molecular weight is 405 g/mol. The first kappa shape index (κ1) is 19.3. The van der Waals surface area contributed by atoms with Gasteiger partial charge in [-0.3, -0.25) is 14.9 Å². The summed E-state index contributed by atoms with van der Waals surface area (Å²) in [7, 11) is 0. The highest BCUT2D eigenvalue weighted by Crippen LogP contribution is 2.39. The number of Topliss-reactive ketones (excluding diaryl/α,β-unsaturated/α-hetero) is 1. The number of fused-ring (bicyclic) bond motifs is 1. The molecule has 0 spiro atoms. The smallest absolute Gasteiger partial charge is 0.269 e. The standard InChI is InChI=1S/C23H16FNO5/c1-14-20(29-13-16-4-2-3-5-19(16)24)11-10-18-22(26)21(30-23(14)18)12-15-6-8-17(9-7-15)25(27)28/h2-12H,13H2,1H3/b21-12-. The van der Waals surface area contributed by atoms with E-state index in [1.165, 1.54) is 24.3 Å². The maximum atomic E-state index is 13.8. The third-order valence-electron chi connectivity index (χ3n) is 4.78.